The monoisotopic (exact) mass is 337 g/mol. The van der Waals surface area contributed by atoms with E-state index in [1.165, 1.54) is 18.3 Å². The van der Waals surface area contributed by atoms with Crippen LogP contribution in [0.4, 0.5) is 23.2 Å². The summed E-state index contributed by atoms with van der Waals surface area (Å²) in [5.41, 5.74) is -0.0619. The maximum absolute atomic E-state index is 13.4. The van der Waals surface area contributed by atoms with E-state index in [4.69, 9.17) is 0 Å². The molecule has 0 atom stereocenters. The summed E-state index contributed by atoms with van der Waals surface area (Å²) < 4.78 is 52.5. The van der Waals surface area contributed by atoms with E-state index in [2.05, 4.69) is 10.3 Å². The number of anilines is 1. The summed E-state index contributed by atoms with van der Waals surface area (Å²) in [6, 6.07) is 5.94. The van der Waals surface area contributed by atoms with Crippen LogP contribution >= 0.6 is 0 Å². The van der Waals surface area contributed by atoms with Gasteiger partial charge in [-0.3, -0.25) is 4.79 Å². The summed E-state index contributed by atoms with van der Waals surface area (Å²) in [7, 11) is 1.71. The number of amides is 1. The number of fused-ring (bicyclic) bond motifs is 1. The summed E-state index contributed by atoms with van der Waals surface area (Å²) in [6.45, 7) is 0. The number of hydrogen-bond donors (Lipinski definition) is 1. The molecule has 0 unspecified atom stereocenters. The van der Waals surface area contributed by atoms with Gasteiger partial charge in [-0.05, 0) is 30.3 Å². The Morgan fingerprint density at radius 3 is 2.58 bits per heavy atom. The number of carbonyl (C=O) groups is 1. The fourth-order valence-corrected chi connectivity index (χ4v) is 2.38. The molecule has 0 fully saturated rings. The van der Waals surface area contributed by atoms with Crippen molar-refractivity contribution in [2.45, 2.75) is 6.18 Å². The molecule has 124 valence electrons. The first-order valence-corrected chi connectivity index (χ1v) is 6.85. The van der Waals surface area contributed by atoms with Crippen LogP contribution in [0.1, 0.15) is 16.1 Å². The number of benzene rings is 1. The first-order valence-electron chi connectivity index (χ1n) is 6.85. The van der Waals surface area contributed by atoms with E-state index in [0.717, 1.165) is 18.3 Å². The highest BCUT2D eigenvalue weighted by Crippen LogP contribution is 2.28. The van der Waals surface area contributed by atoms with Crippen molar-refractivity contribution in [3.63, 3.8) is 0 Å². The topological polar surface area (TPSA) is 46.9 Å². The maximum Gasteiger partial charge on any atom is 0.433 e. The largest absolute Gasteiger partial charge is 0.433 e. The number of nitrogens with one attached hydrogen (secondary N) is 1. The molecule has 24 heavy (non-hydrogen) atoms. The fraction of sp³-hybridized carbons (Fsp3) is 0.125. The van der Waals surface area contributed by atoms with Crippen molar-refractivity contribution in [1.82, 2.24) is 9.55 Å². The molecule has 0 aliphatic rings. The number of pyridine rings is 1. The molecular weight excluding hydrogens is 326 g/mol. The van der Waals surface area contributed by atoms with Gasteiger partial charge >= 0.3 is 6.18 Å². The van der Waals surface area contributed by atoms with Gasteiger partial charge in [0.2, 0.25) is 0 Å². The highest BCUT2D eigenvalue weighted by atomic mass is 19.4. The van der Waals surface area contributed by atoms with Crippen LogP contribution in [-0.4, -0.2) is 15.5 Å². The number of nitrogens with zero attached hydrogens (tertiary/aromatic N) is 2. The number of aromatic nitrogens is 2. The van der Waals surface area contributed by atoms with Crippen LogP contribution in [0, 0.1) is 5.82 Å². The Morgan fingerprint density at radius 1 is 1.21 bits per heavy atom. The van der Waals surface area contributed by atoms with Crippen molar-refractivity contribution in [1.29, 1.82) is 0 Å². The summed E-state index contributed by atoms with van der Waals surface area (Å²) in [4.78, 5) is 15.6. The van der Waals surface area contributed by atoms with Gasteiger partial charge in [0.05, 0.1) is 17.4 Å². The van der Waals surface area contributed by atoms with Crippen LogP contribution in [-0.2, 0) is 13.2 Å². The van der Waals surface area contributed by atoms with Crippen molar-refractivity contribution in [3.05, 3.63) is 59.8 Å². The molecule has 1 N–H and O–H groups in total. The molecule has 8 heteroatoms. The number of rotatable bonds is 2. The van der Waals surface area contributed by atoms with Gasteiger partial charge < -0.3 is 9.88 Å². The predicted molar refractivity (Wildman–Crippen MR) is 80.1 cm³/mol. The highest BCUT2D eigenvalue weighted by Gasteiger charge is 2.32. The minimum Gasteiger partial charge on any atom is -0.350 e. The molecule has 4 nitrogen and oxygen atoms in total. The van der Waals surface area contributed by atoms with Crippen LogP contribution in [0.3, 0.4) is 0 Å². The second-order valence-electron chi connectivity index (χ2n) is 5.20. The quantitative estimate of drug-likeness (QED) is 0.719. The van der Waals surface area contributed by atoms with Gasteiger partial charge in [-0.1, -0.05) is 0 Å². The van der Waals surface area contributed by atoms with Crippen LogP contribution < -0.4 is 5.32 Å². The average Bonchev–Trinajstić information content (AvgIpc) is 2.83. The highest BCUT2D eigenvalue weighted by molar-refractivity contribution is 6.12. The third kappa shape index (κ3) is 2.94. The first kappa shape index (κ1) is 16.0. The third-order valence-electron chi connectivity index (χ3n) is 3.51. The Bertz CT molecular complexity index is 913. The van der Waals surface area contributed by atoms with Gasteiger partial charge in [0, 0.05) is 24.1 Å². The zero-order chi connectivity index (χ0) is 17.5. The first-order chi connectivity index (χ1) is 11.3. The van der Waals surface area contributed by atoms with E-state index in [0.29, 0.717) is 10.9 Å². The van der Waals surface area contributed by atoms with E-state index in [9.17, 15) is 22.4 Å². The molecule has 2 aromatic heterocycles. The maximum atomic E-state index is 13.4. The second kappa shape index (κ2) is 5.63. The minimum atomic E-state index is -4.55. The number of halogens is 4. The number of carbonyl (C=O) groups excluding carboxylic acids is 1. The second-order valence-corrected chi connectivity index (χ2v) is 5.20. The van der Waals surface area contributed by atoms with Crippen molar-refractivity contribution in [2.75, 3.05) is 5.32 Å². The molecule has 1 aromatic carbocycles. The molecule has 0 saturated carbocycles. The molecule has 1 amide bonds. The molecule has 0 saturated heterocycles. The molecule has 0 radical (unpaired) electrons. The van der Waals surface area contributed by atoms with Crippen LogP contribution in [0.25, 0.3) is 10.9 Å². The van der Waals surface area contributed by atoms with Gasteiger partial charge in [-0.25, -0.2) is 9.37 Å². The number of aryl methyl sites for hydroxylation is 1. The summed E-state index contributed by atoms with van der Waals surface area (Å²) in [5, 5.41) is 2.87. The molecule has 0 aliphatic carbocycles. The molecule has 2 heterocycles. The summed E-state index contributed by atoms with van der Waals surface area (Å²) in [5.74, 6) is -1.05. The molecule has 3 rings (SSSR count). The SMILES string of the molecule is Cn1cc(C(=O)Nc2ccc(C(F)(F)F)nc2)c2cc(F)ccc21. The Balaban J connectivity index is 1.89. The van der Waals surface area contributed by atoms with E-state index in [-0.39, 0.29) is 11.3 Å². The van der Waals surface area contributed by atoms with Crippen molar-refractivity contribution < 1.29 is 22.4 Å². The lowest BCUT2D eigenvalue weighted by molar-refractivity contribution is -0.141. The predicted octanol–water partition coefficient (Wildman–Crippen LogP) is 3.98. The van der Waals surface area contributed by atoms with Gasteiger partial charge in [-0.15, -0.1) is 0 Å². The van der Waals surface area contributed by atoms with Crippen LogP contribution in [0.5, 0.6) is 0 Å². The Kier molecular flexibility index (Phi) is 3.75. The summed E-state index contributed by atoms with van der Waals surface area (Å²) in [6.07, 6.45) is -2.10. The lowest BCUT2D eigenvalue weighted by Gasteiger charge is -2.07. The van der Waals surface area contributed by atoms with Gasteiger partial charge in [-0.2, -0.15) is 13.2 Å². The van der Waals surface area contributed by atoms with Crippen molar-refractivity contribution in [3.8, 4) is 0 Å². The lowest BCUT2D eigenvalue weighted by atomic mass is 10.1. The average molecular weight is 337 g/mol. The Hall–Kier alpha value is -2.90. The van der Waals surface area contributed by atoms with Crippen LogP contribution in [0.15, 0.2) is 42.7 Å². The normalized spacial score (nSPS) is 11.7. The zero-order valence-electron chi connectivity index (χ0n) is 12.4. The summed E-state index contributed by atoms with van der Waals surface area (Å²) >= 11 is 0. The van der Waals surface area contributed by atoms with Crippen LogP contribution in [0.2, 0.25) is 0 Å². The number of alkyl halides is 3. The van der Waals surface area contributed by atoms with E-state index in [1.54, 1.807) is 17.7 Å². The van der Waals surface area contributed by atoms with Crippen molar-refractivity contribution >= 4 is 22.5 Å². The lowest BCUT2D eigenvalue weighted by Crippen LogP contribution is -2.13. The van der Waals surface area contributed by atoms with Gasteiger partial charge in [0.1, 0.15) is 11.5 Å². The van der Waals surface area contributed by atoms with Gasteiger partial charge in [0.25, 0.3) is 5.91 Å². The third-order valence-corrected chi connectivity index (χ3v) is 3.51. The Morgan fingerprint density at radius 2 is 1.96 bits per heavy atom. The van der Waals surface area contributed by atoms with E-state index in [1.807, 2.05) is 0 Å². The number of hydrogen-bond acceptors (Lipinski definition) is 2. The van der Waals surface area contributed by atoms with E-state index >= 15 is 0 Å². The molecule has 0 spiro atoms. The smallest absolute Gasteiger partial charge is 0.350 e. The van der Waals surface area contributed by atoms with E-state index < -0.39 is 23.6 Å². The molecular formula is C16H11F4N3O. The Labute approximate surface area is 133 Å². The molecule has 0 bridgehead atoms. The fourth-order valence-electron chi connectivity index (χ4n) is 2.38. The molecule has 0 aliphatic heterocycles. The zero-order valence-corrected chi connectivity index (χ0v) is 12.4. The molecule has 3 aromatic rings. The van der Waals surface area contributed by atoms with Gasteiger partial charge in [0.15, 0.2) is 0 Å². The minimum absolute atomic E-state index is 0.112. The van der Waals surface area contributed by atoms with Crippen molar-refractivity contribution in [2.24, 2.45) is 7.05 Å². The standard InChI is InChI=1S/C16H11F4N3O/c1-23-8-12(11-6-9(17)2-4-13(11)23)15(24)22-10-3-5-14(21-7-10)16(18,19)20/h2-8H,1H3,(H,22,24).